The molecule has 1 rings (SSSR count). The first-order chi connectivity index (χ1) is 9.31. The van der Waals surface area contributed by atoms with Crippen LogP contribution in [0.25, 0.3) is 0 Å². The number of ether oxygens (including phenoxy) is 1. The summed E-state index contributed by atoms with van der Waals surface area (Å²) >= 11 is 0. The van der Waals surface area contributed by atoms with Crippen molar-refractivity contribution in [2.45, 2.75) is 39.2 Å². The van der Waals surface area contributed by atoms with Crippen molar-refractivity contribution in [3.05, 3.63) is 0 Å². The van der Waals surface area contributed by atoms with E-state index >= 15 is 0 Å². The van der Waals surface area contributed by atoms with Crippen molar-refractivity contribution >= 4 is 29.9 Å². The smallest absolute Gasteiger partial charge is 0.191 e. The molecule has 120 valence electrons. The van der Waals surface area contributed by atoms with E-state index in [9.17, 15) is 0 Å². The van der Waals surface area contributed by atoms with E-state index in [4.69, 9.17) is 4.74 Å². The first-order valence-electron chi connectivity index (χ1n) is 7.58. The highest BCUT2D eigenvalue weighted by atomic mass is 127. The Labute approximate surface area is 140 Å². The van der Waals surface area contributed by atoms with Gasteiger partial charge in [-0.3, -0.25) is 9.89 Å². The molecule has 5 nitrogen and oxygen atoms in total. The zero-order valence-corrected chi connectivity index (χ0v) is 15.5. The van der Waals surface area contributed by atoms with Crippen LogP contribution in [0.4, 0.5) is 0 Å². The predicted octanol–water partition coefficient (Wildman–Crippen LogP) is 1.68. The molecule has 0 aromatic rings. The van der Waals surface area contributed by atoms with Crippen molar-refractivity contribution in [1.29, 1.82) is 0 Å². The van der Waals surface area contributed by atoms with Crippen LogP contribution in [0, 0.1) is 0 Å². The average molecular weight is 398 g/mol. The van der Waals surface area contributed by atoms with E-state index in [0.717, 1.165) is 32.3 Å². The molecule has 0 aromatic carbocycles. The molecule has 0 spiro atoms. The molecule has 20 heavy (non-hydrogen) atoms. The number of rotatable bonds is 8. The molecule has 1 unspecified atom stereocenters. The molecule has 1 fully saturated rings. The van der Waals surface area contributed by atoms with Crippen molar-refractivity contribution in [3.8, 4) is 0 Å². The van der Waals surface area contributed by atoms with Crippen molar-refractivity contribution in [1.82, 2.24) is 15.5 Å². The molecule has 0 aliphatic carbocycles. The van der Waals surface area contributed by atoms with Gasteiger partial charge in [-0.2, -0.15) is 0 Å². The summed E-state index contributed by atoms with van der Waals surface area (Å²) in [5.74, 6) is 0.873. The first-order valence-corrected chi connectivity index (χ1v) is 7.58. The number of aliphatic imine (C=N–C) groups is 1. The molecule has 2 N–H and O–H groups in total. The summed E-state index contributed by atoms with van der Waals surface area (Å²) in [5.41, 5.74) is 0. The monoisotopic (exact) mass is 398 g/mol. The van der Waals surface area contributed by atoms with Gasteiger partial charge >= 0.3 is 0 Å². The second kappa shape index (κ2) is 12.6. The summed E-state index contributed by atoms with van der Waals surface area (Å²) in [4.78, 5) is 6.82. The van der Waals surface area contributed by atoms with Crippen molar-refractivity contribution < 1.29 is 4.74 Å². The maximum atomic E-state index is 5.30. The van der Waals surface area contributed by atoms with E-state index in [1.165, 1.54) is 32.4 Å². The van der Waals surface area contributed by atoms with Crippen LogP contribution in [-0.4, -0.2) is 63.3 Å². The lowest BCUT2D eigenvalue weighted by molar-refractivity contribution is 0.152. The van der Waals surface area contributed by atoms with E-state index in [0.29, 0.717) is 6.04 Å². The predicted molar refractivity (Wildman–Crippen MR) is 96.2 cm³/mol. The molecule has 0 bridgehead atoms. The molecule has 0 saturated carbocycles. The molecular weight excluding hydrogens is 367 g/mol. The summed E-state index contributed by atoms with van der Waals surface area (Å²) in [6, 6.07) is 0.618. The molecule has 1 aliphatic rings. The minimum atomic E-state index is 0. The van der Waals surface area contributed by atoms with Gasteiger partial charge in [0, 0.05) is 32.8 Å². The van der Waals surface area contributed by atoms with Gasteiger partial charge in [0.1, 0.15) is 0 Å². The largest absolute Gasteiger partial charge is 0.380 e. The van der Waals surface area contributed by atoms with Gasteiger partial charge in [0.2, 0.25) is 0 Å². The van der Waals surface area contributed by atoms with Crippen LogP contribution in [0.1, 0.15) is 33.1 Å². The van der Waals surface area contributed by atoms with Gasteiger partial charge in [-0.25, -0.2) is 0 Å². The minimum Gasteiger partial charge on any atom is -0.380 e. The summed E-state index contributed by atoms with van der Waals surface area (Å²) < 4.78 is 5.30. The molecule has 0 aromatic heterocycles. The Kier molecular flexibility index (Phi) is 12.6. The molecule has 6 heteroatoms. The standard InChI is InChI=1S/C14H30N4O.HI/c1-4-13(18-9-6-7-10-18)12-17-14(15-3)16-8-11-19-5-2;/h13H,4-12H2,1-3H3,(H2,15,16,17);1H. The fourth-order valence-corrected chi connectivity index (χ4v) is 2.46. The van der Waals surface area contributed by atoms with Gasteiger partial charge in [-0.05, 0) is 39.3 Å². The van der Waals surface area contributed by atoms with Gasteiger partial charge in [-0.1, -0.05) is 6.92 Å². The van der Waals surface area contributed by atoms with Gasteiger partial charge in [-0.15, -0.1) is 24.0 Å². The molecule has 1 heterocycles. The number of halogens is 1. The highest BCUT2D eigenvalue weighted by molar-refractivity contribution is 14.0. The van der Waals surface area contributed by atoms with E-state index in [-0.39, 0.29) is 24.0 Å². The maximum absolute atomic E-state index is 5.30. The Balaban J connectivity index is 0.00000361. The van der Waals surface area contributed by atoms with Crippen molar-refractivity contribution in [2.24, 2.45) is 4.99 Å². The number of guanidine groups is 1. The molecular formula is C14H31IN4O. The Morgan fingerprint density at radius 1 is 1.25 bits per heavy atom. The number of nitrogens with one attached hydrogen (secondary N) is 2. The van der Waals surface area contributed by atoms with E-state index < -0.39 is 0 Å². The Morgan fingerprint density at radius 2 is 1.95 bits per heavy atom. The summed E-state index contributed by atoms with van der Waals surface area (Å²) in [6.45, 7) is 10.0. The van der Waals surface area contributed by atoms with E-state index in [1.807, 2.05) is 14.0 Å². The number of hydrogen-bond donors (Lipinski definition) is 2. The third-order valence-corrected chi connectivity index (χ3v) is 3.60. The van der Waals surface area contributed by atoms with Crippen LogP contribution in [0.2, 0.25) is 0 Å². The van der Waals surface area contributed by atoms with Crippen LogP contribution >= 0.6 is 24.0 Å². The molecule has 1 aliphatic heterocycles. The topological polar surface area (TPSA) is 48.9 Å². The quantitative estimate of drug-likeness (QED) is 0.283. The second-order valence-electron chi connectivity index (χ2n) is 4.88. The van der Waals surface area contributed by atoms with Crippen LogP contribution in [0.3, 0.4) is 0 Å². The van der Waals surface area contributed by atoms with Crippen LogP contribution in [0.15, 0.2) is 4.99 Å². The minimum absolute atomic E-state index is 0. The molecule has 1 atom stereocenters. The highest BCUT2D eigenvalue weighted by Crippen LogP contribution is 2.13. The molecule has 0 amide bonds. The van der Waals surface area contributed by atoms with Crippen LogP contribution in [-0.2, 0) is 4.74 Å². The number of hydrogen-bond acceptors (Lipinski definition) is 3. The fraction of sp³-hybridized carbons (Fsp3) is 0.929. The van der Waals surface area contributed by atoms with Gasteiger partial charge in [0.05, 0.1) is 6.61 Å². The van der Waals surface area contributed by atoms with Gasteiger partial charge < -0.3 is 15.4 Å². The summed E-state index contributed by atoms with van der Waals surface area (Å²) in [6.07, 6.45) is 3.87. The average Bonchev–Trinajstić information content (AvgIpc) is 2.96. The van der Waals surface area contributed by atoms with Gasteiger partial charge in [0.15, 0.2) is 5.96 Å². The van der Waals surface area contributed by atoms with Crippen LogP contribution in [0.5, 0.6) is 0 Å². The molecule has 0 radical (unpaired) electrons. The van der Waals surface area contributed by atoms with Crippen molar-refractivity contribution in [3.63, 3.8) is 0 Å². The Morgan fingerprint density at radius 3 is 2.50 bits per heavy atom. The third-order valence-electron chi connectivity index (χ3n) is 3.60. The highest BCUT2D eigenvalue weighted by Gasteiger charge is 2.20. The van der Waals surface area contributed by atoms with Crippen molar-refractivity contribution in [2.75, 3.05) is 46.4 Å². The lowest BCUT2D eigenvalue weighted by Gasteiger charge is -2.27. The molecule has 1 saturated heterocycles. The Hall–Kier alpha value is -0.0800. The normalized spacial score (nSPS) is 17.6. The summed E-state index contributed by atoms with van der Waals surface area (Å²) in [5, 5.41) is 6.69. The third kappa shape index (κ3) is 7.64. The summed E-state index contributed by atoms with van der Waals surface area (Å²) in [7, 11) is 1.81. The van der Waals surface area contributed by atoms with E-state index in [1.54, 1.807) is 0 Å². The maximum Gasteiger partial charge on any atom is 0.191 e. The van der Waals surface area contributed by atoms with Gasteiger partial charge in [0.25, 0.3) is 0 Å². The SMILES string of the molecule is CCOCCNC(=NC)NCC(CC)N1CCCC1.I. The Bertz CT molecular complexity index is 258. The zero-order valence-electron chi connectivity index (χ0n) is 13.2. The fourth-order valence-electron chi connectivity index (χ4n) is 2.46. The lowest BCUT2D eigenvalue weighted by atomic mass is 10.2. The number of likely N-dealkylation sites (tertiary alicyclic amines) is 1. The van der Waals surface area contributed by atoms with Crippen LogP contribution < -0.4 is 10.6 Å². The lowest BCUT2D eigenvalue weighted by Crippen LogP contribution is -2.46. The second-order valence-corrected chi connectivity index (χ2v) is 4.88. The van der Waals surface area contributed by atoms with E-state index in [2.05, 4.69) is 27.4 Å². The zero-order chi connectivity index (χ0) is 13.9. The first kappa shape index (κ1) is 19.9. The number of nitrogens with zero attached hydrogens (tertiary/aromatic N) is 2.